The minimum absolute atomic E-state index is 0.0654. The first-order valence-electron chi connectivity index (χ1n) is 9.73. The lowest BCUT2D eigenvalue weighted by Crippen LogP contribution is -2.35. The third-order valence-corrected chi connectivity index (χ3v) is 5.00. The summed E-state index contributed by atoms with van der Waals surface area (Å²) >= 11 is 0. The van der Waals surface area contributed by atoms with E-state index in [-0.39, 0.29) is 11.1 Å². The fourth-order valence-corrected chi connectivity index (χ4v) is 3.41. The van der Waals surface area contributed by atoms with E-state index in [1.54, 1.807) is 6.20 Å². The van der Waals surface area contributed by atoms with Crippen molar-refractivity contribution >= 4 is 46.3 Å². The van der Waals surface area contributed by atoms with Crippen LogP contribution in [0.4, 0.5) is 5.95 Å². The van der Waals surface area contributed by atoms with Gasteiger partial charge >= 0.3 is 0 Å². The first-order valence-corrected chi connectivity index (χ1v) is 9.73. The van der Waals surface area contributed by atoms with Gasteiger partial charge in [-0.05, 0) is 42.8 Å². The zero-order chi connectivity index (χ0) is 19.7. The number of likely N-dealkylation sites (tertiary alicyclic amines) is 1. The maximum atomic E-state index is 12.2. The number of rotatable bonds is 5. The van der Waals surface area contributed by atoms with Crippen molar-refractivity contribution in [3.8, 4) is 11.1 Å². The SMILES string of the molecule is BC(B)(B)n1cc(-c2ccc3cnc(NC(=O)CN4CCCC4)nc3c2)cn1. The summed E-state index contributed by atoms with van der Waals surface area (Å²) in [4.78, 5) is 23.2. The van der Waals surface area contributed by atoms with Crippen LogP contribution in [0.25, 0.3) is 22.0 Å². The Morgan fingerprint density at radius 2 is 1.93 bits per heavy atom. The van der Waals surface area contributed by atoms with Gasteiger partial charge in [0.2, 0.25) is 11.9 Å². The summed E-state index contributed by atoms with van der Waals surface area (Å²) < 4.78 is 1.95. The van der Waals surface area contributed by atoms with Gasteiger partial charge in [-0.2, -0.15) is 5.10 Å². The first-order chi connectivity index (χ1) is 13.4. The molecule has 28 heavy (non-hydrogen) atoms. The molecule has 4 rings (SSSR count). The number of nitrogens with one attached hydrogen (secondary N) is 1. The van der Waals surface area contributed by atoms with Crippen molar-refractivity contribution in [2.24, 2.45) is 0 Å². The molecule has 3 heterocycles. The van der Waals surface area contributed by atoms with Crippen LogP contribution in [0.5, 0.6) is 0 Å². The van der Waals surface area contributed by atoms with Gasteiger partial charge in [0.25, 0.3) is 0 Å². The predicted octanol–water partition coefficient (Wildman–Crippen LogP) is -1.01. The monoisotopic (exact) mass is 372 g/mol. The molecule has 1 aromatic carbocycles. The Labute approximate surface area is 167 Å². The molecular weight excluding hydrogens is 349 g/mol. The van der Waals surface area contributed by atoms with Crippen molar-refractivity contribution in [3.63, 3.8) is 0 Å². The van der Waals surface area contributed by atoms with E-state index in [1.807, 2.05) is 35.3 Å². The molecule has 1 aliphatic heterocycles. The lowest BCUT2D eigenvalue weighted by molar-refractivity contribution is -0.117. The van der Waals surface area contributed by atoms with E-state index in [9.17, 15) is 4.79 Å². The fourth-order valence-electron chi connectivity index (χ4n) is 3.41. The summed E-state index contributed by atoms with van der Waals surface area (Å²) in [6.45, 7) is 2.36. The van der Waals surface area contributed by atoms with Gasteiger partial charge in [0.05, 0.1) is 18.3 Å². The highest BCUT2D eigenvalue weighted by molar-refractivity contribution is 6.56. The highest BCUT2D eigenvalue weighted by Gasteiger charge is 2.17. The van der Waals surface area contributed by atoms with Gasteiger partial charge in [-0.1, -0.05) is 12.1 Å². The quantitative estimate of drug-likeness (QED) is 0.582. The molecular formula is C18H23B3N6O. The van der Waals surface area contributed by atoms with Gasteiger partial charge in [-0.15, -0.1) is 0 Å². The average Bonchev–Trinajstić information content (AvgIpc) is 3.32. The van der Waals surface area contributed by atoms with Crippen molar-refractivity contribution in [2.75, 3.05) is 25.0 Å². The molecule has 140 valence electrons. The largest absolute Gasteiger partial charge is 0.295 e. The highest BCUT2D eigenvalue weighted by atomic mass is 16.2. The topological polar surface area (TPSA) is 75.9 Å². The average molecular weight is 372 g/mol. The molecule has 0 saturated carbocycles. The van der Waals surface area contributed by atoms with E-state index >= 15 is 0 Å². The maximum absolute atomic E-state index is 12.2. The van der Waals surface area contributed by atoms with E-state index in [0.717, 1.165) is 48.0 Å². The number of carbonyl (C=O) groups is 1. The molecule has 1 N–H and O–H groups in total. The first kappa shape index (κ1) is 18.7. The summed E-state index contributed by atoms with van der Waals surface area (Å²) in [7, 11) is 6.36. The lowest BCUT2D eigenvalue weighted by atomic mass is 9.49. The number of hydrogen-bond acceptors (Lipinski definition) is 5. The summed E-state index contributed by atoms with van der Waals surface area (Å²) in [6.07, 6.45) is 7.98. The molecule has 0 atom stereocenters. The second kappa shape index (κ2) is 7.43. The van der Waals surface area contributed by atoms with Gasteiger partial charge in [0, 0.05) is 23.3 Å². The lowest BCUT2D eigenvalue weighted by Gasteiger charge is -2.18. The van der Waals surface area contributed by atoms with Crippen molar-refractivity contribution in [2.45, 2.75) is 18.1 Å². The smallest absolute Gasteiger partial charge is 0.240 e. The number of anilines is 1. The van der Waals surface area contributed by atoms with E-state index in [4.69, 9.17) is 0 Å². The molecule has 10 heteroatoms. The van der Waals surface area contributed by atoms with E-state index in [2.05, 4.69) is 48.8 Å². The Kier molecular flexibility index (Phi) is 4.97. The maximum Gasteiger partial charge on any atom is 0.240 e. The number of fused-ring (bicyclic) bond motifs is 1. The Morgan fingerprint density at radius 3 is 2.64 bits per heavy atom. The van der Waals surface area contributed by atoms with Crippen LogP contribution < -0.4 is 5.32 Å². The van der Waals surface area contributed by atoms with Crippen molar-refractivity contribution in [1.29, 1.82) is 0 Å². The number of hydrogen-bond donors (Lipinski definition) is 1. The van der Waals surface area contributed by atoms with Crippen LogP contribution in [0.15, 0.2) is 36.8 Å². The third-order valence-electron chi connectivity index (χ3n) is 5.00. The van der Waals surface area contributed by atoms with Crippen LogP contribution in [0.2, 0.25) is 0 Å². The molecule has 0 bridgehead atoms. The molecule has 1 aliphatic rings. The summed E-state index contributed by atoms with van der Waals surface area (Å²) in [6, 6.07) is 6.05. The minimum atomic E-state index is -0.0659. The van der Waals surface area contributed by atoms with Crippen molar-refractivity contribution in [1.82, 2.24) is 24.6 Å². The molecule has 2 aromatic heterocycles. The van der Waals surface area contributed by atoms with Crippen LogP contribution in [0.3, 0.4) is 0 Å². The summed E-state index contributed by atoms with van der Waals surface area (Å²) in [5.74, 6) is 0.281. The predicted molar refractivity (Wildman–Crippen MR) is 119 cm³/mol. The molecule has 0 spiro atoms. The Bertz CT molecular complexity index is 1010. The number of nitrogens with zero attached hydrogens (tertiary/aromatic N) is 5. The van der Waals surface area contributed by atoms with Crippen LogP contribution in [0, 0.1) is 0 Å². The summed E-state index contributed by atoms with van der Waals surface area (Å²) in [5.41, 5.74) is 2.87. The molecule has 1 amide bonds. The minimum Gasteiger partial charge on any atom is -0.295 e. The number of aromatic nitrogens is 4. The standard InChI is InChI=1S/C18H23B3N6O/c19-18(20,21)27-10-14(9-23-27)12-3-4-13-8-22-17(24-15(13)7-12)25-16(28)11-26-5-1-2-6-26/h3-4,7-10H,1-2,5-6,11,19-21H2,(H,22,24,25,28). The molecule has 0 aliphatic carbocycles. The molecule has 1 fully saturated rings. The molecule has 3 aromatic rings. The van der Waals surface area contributed by atoms with Gasteiger partial charge in [0.15, 0.2) is 0 Å². The van der Waals surface area contributed by atoms with Crippen LogP contribution >= 0.6 is 0 Å². The van der Waals surface area contributed by atoms with Gasteiger partial charge in [-0.3, -0.25) is 19.7 Å². The highest BCUT2D eigenvalue weighted by Crippen LogP contribution is 2.24. The van der Waals surface area contributed by atoms with Gasteiger partial charge in [0.1, 0.15) is 23.5 Å². The van der Waals surface area contributed by atoms with Gasteiger partial charge < -0.3 is 0 Å². The number of amides is 1. The Balaban J connectivity index is 1.55. The summed E-state index contributed by atoms with van der Waals surface area (Å²) in [5, 5.41) is 8.17. The van der Waals surface area contributed by atoms with Gasteiger partial charge in [-0.25, -0.2) is 9.97 Å². The van der Waals surface area contributed by atoms with Crippen molar-refractivity contribution < 1.29 is 4.79 Å². The van der Waals surface area contributed by atoms with E-state index in [1.165, 1.54) is 0 Å². The molecule has 0 radical (unpaired) electrons. The molecule has 0 unspecified atom stereocenters. The normalized spacial score (nSPS) is 15.1. The van der Waals surface area contributed by atoms with E-state index < -0.39 is 0 Å². The van der Waals surface area contributed by atoms with Crippen LogP contribution in [-0.2, 0) is 10.0 Å². The van der Waals surface area contributed by atoms with Crippen LogP contribution in [0.1, 0.15) is 12.8 Å². The molecule has 1 saturated heterocycles. The van der Waals surface area contributed by atoms with E-state index in [0.29, 0.717) is 12.5 Å². The fraction of sp³-hybridized carbons (Fsp3) is 0.333. The van der Waals surface area contributed by atoms with Crippen molar-refractivity contribution in [3.05, 3.63) is 36.8 Å². The third kappa shape index (κ3) is 4.12. The number of benzene rings is 1. The molecule has 7 nitrogen and oxygen atoms in total. The van der Waals surface area contributed by atoms with Crippen LogP contribution in [-0.4, -0.2) is 73.7 Å². The zero-order valence-electron chi connectivity index (χ0n) is 16.6. The second-order valence-corrected chi connectivity index (χ2v) is 8.34. The zero-order valence-corrected chi connectivity index (χ0v) is 16.6. The number of carbonyl (C=O) groups excluding carboxylic acids is 1. The Hall–Kier alpha value is -2.61. The second-order valence-electron chi connectivity index (χ2n) is 8.34. The Morgan fingerprint density at radius 1 is 1.14 bits per heavy atom.